The first-order valence-electron chi connectivity index (χ1n) is 7.07. The fraction of sp³-hybridized carbons (Fsp3) is 0.769. The lowest BCUT2D eigenvalue weighted by molar-refractivity contribution is 0.170. The smallest absolute Gasteiger partial charge is 0.260 e. The lowest BCUT2D eigenvalue weighted by Gasteiger charge is -2.25. The van der Waals surface area contributed by atoms with E-state index in [1.807, 2.05) is 27.7 Å². The third kappa shape index (κ3) is 4.77. The van der Waals surface area contributed by atoms with Gasteiger partial charge in [-0.1, -0.05) is 13.8 Å². The quantitative estimate of drug-likeness (QED) is 0.708. The second-order valence-corrected chi connectivity index (χ2v) is 7.29. The van der Waals surface area contributed by atoms with Crippen LogP contribution in [0, 0.1) is 0 Å². The normalized spacial score (nSPS) is 12.8. The number of nitrogens with zero attached hydrogens (tertiary/aromatic N) is 2. The van der Waals surface area contributed by atoms with E-state index >= 15 is 0 Å². The molecule has 0 bridgehead atoms. The van der Waals surface area contributed by atoms with Crippen molar-refractivity contribution in [3.8, 4) is 0 Å². The van der Waals surface area contributed by atoms with Crippen LogP contribution >= 0.6 is 0 Å². The Hall–Kier alpha value is -0.960. The summed E-state index contributed by atoms with van der Waals surface area (Å²) in [7, 11) is -2.06. The molecule has 0 amide bonds. The molecule has 2 N–H and O–H groups in total. The molecule has 1 heterocycles. The van der Waals surface area contributed by atoms with E-state index in [0.29, 0.717) is 25.3 Å². The Balaban J connectivity index is 3.02. The maximum atomic E-state index is 12.8. The molecule has 1 aromatic heterocycles. The molecule has 122 valence electrons. The highest BCUT2D eigenvalue weighted by atomic mass is 32.2. The number of rotatable bonds is 9. The summed E-state index contributed by atoms with van der Waals surface area (Å²) in [5.41, 5.74) is 0.645. The Morgan fingerprint density at radius 3 is 2.57 bits per heavy atom. The van der Waals surface area contributed by atoms with E-state index in [1.54, 1.807) is 13.3 Å². The molecule has 0 aliphatic rings. The molecule has 0 radical (unpaired) electrons. The van der Waals surface area contributed by atoms with Gasteiger partial charge in [0.25, 0.3) is 10.0 Å². The molecule has 0 saturated heterocycles. The summed E-state index contributed by atoms with van der Waals surface area (Å²) in [6, 6.07) is 0.115. The number of hydrogen-bond donors (Lipinski definition) is 2. The van der Waals surface area contributed by atoms with Gasteiger partial charge in [0.2, 0.25) is 0 Å². The first-order valence-corrected chi connectivity index (χ1v) is 8.51. The SMILES string of the molecule is COCCN(C(C)C)S(=O)(=O)c1[nH]ncc1CNC(C)C. The first-order chi connectivity index (χ1) is 9.80. The minimum Gasteiger partial charge on any atom is -0.383 e. The van der Waals surface area contributed by atoms with Gasteiger partial charge in [-0.15, -0.1) is 0 Å². The van der Waals surface area contributed by atoms with Crippen LogP contribution in [-0.4, -0.2) is 55.3 Å². The predicted octanol–water partition coefficient (Wildman–Crippen LogP) is 0.953. The Labute approximate surface area is 127 Å². The van der Waals surface area contributed by atoms with Gasteiger partial charge >= 0.3 is 0 Å². The van der Waals surface area contributed by atoms with Crippen molar-refractivity contribution in [3.63, 3.8) is 0 Å². The van der Waals surface area contributed by atoms with E-state index in [2.05, 4.69) is 15.5 Å². The van der Waals surface area contributed by atoms with Gasteiger partial charge in [0.05, 0.1) is 12.8 Å². The van der Waals surface area contributed by atoms with Gasteiger partial charge in [0.15, 0.2) is 5.03 Å². The molecule has 0 aliphatic heterocycles. The van der Waals surface area contributed by atoms with E-state index in [4.69, 9.17) is 4.74 Å². The average Bonchev–Trinajstić information content (AvgIpc) is 2.85. The zero-order valence-corrected chi connectivity index (χ0v) is 14.2. The Morgan fingerprint density at radius 1 is 1.38 bits per heavy atom. The van der Waals surface area contributed by atoms with Gasteiger partial charge in [-0.25, -0.2) is 8.42 Å². The van der Waals surface area contributed by atoms with Crippen LogP contribution < -0.4 is 5.32 Å². The topological polar surface area (TPSA) is 87.3 Å². The van der Waals surface area contributed by atoms with Crippen molar-refractivity contribution in [1.29, 1.82) is 0 Å². The van der Waals surface area contributed by atoms with Crippen LogP contribution in [0.1, 0.15) is 33.3 Å². The lowest BCUT2D eigenvalue weighted by atomic mass is 10.3. The Morgan fingerprint density at radius 2 is 2.05 bits per heavy atom. The van der Waals surface area contributed by atoms with E-state index < -0.39 is 10.0 Å². The van der Waals surface area contributed by atoms with Crippen molar-refractivity contribution in [2.75, 3.05) is 20.3 Å². The molecule has 1 rings (SSSR count). The second-order valence-electron chi connectivity index (χ2n) is 5.46. The number of nitrogens with one attached hydrogen (secondary N) is 2. The fourth-order valence-electron chi connectivity index (χ4n) is 1.92. The average molecular weight is 318 g/mol. The van der Waals surface area contributed by atoms with Crippen LogP contribution in [-0.2, 0) is 21.3 Å². The third-order valence-corrected chi connectivity index (χ3v) is 5.13. The van der Waals surface area contributed by atoms with Crippen molar-refractivity contribution < 1.29 is 13.2 Å². The van der Waals surface area contributed by atoms with Crippen molar-refractivity contribution >= 4 is 10.0 Å². The van der Waals surface area contributed by atoms with Crippen molar-refractivity contribution in [2.45, 2.75) is 51.3 Å². The van der Waals surface area contributed by atoms with Crippen LogP contribution in [0.25, 0.3) is 0 Å². The van der Waals surface area contributed by atoms with Crippen molar-refractivity contribution in [1.82, 2.24) is 19.8 Å². The molecular weight excluding hydrogens is 292 g/mol. The number of H-pyrrole nitrogens is 1. The summed E-state index contributed by atoms with van der Waals surface area (Å²) >= 11 is 0. The van der Waals surface area contributed by atoms with Crippen LogP contribution in [0.5, 0.6) is 0 Å². The number of sulfonamides is 1. The Kier molecular flexibility index (Phi) is 6.79. The number of ether oxygens (including phenoxy) is 1. The number of aromatic amines is 1. The molecule has 0 unspecified atom stereocenters. The zero-order valence-electron chi connectivity index (χ0n) is 13.4. The molecule has 21 heavy (non-hydrogen) atoms. The van der Waals surface area contributed by atoms with Gasteiger partial charge in [0.1, 0.15) is 0 Å². The Bertz CT molecular complexity index is 525. The second kappa shape index (κ2) is 7.88. The maximum Gasteiger partial charge on any atom is 0.260 e. The zero-order chi connectivity index (χ0) is 16.0. The van der Waals surface area contributed by atoms with Crippen LogP contribution in [0.15, 0.2) is 11.2 Å². The highest BCUT2D eigenvalue weighted by molar-refractivity contribution is 7.89. The molecule has 0 atom stereocenters. The number of methoxy groups -OCH3 is 1. The maximum absolute atomic E-state index is 12.8. The van der Waals surface area contributed by atoms with Crippen molar-refractivity contribution in [3.05, 3.63) is 11.8 Å². The molecule has 7 nitrogen and oxygen atoms in total. The van der Waals surface area contributed by atoms with Gasteiger partial charge < -0.3 is 10.1 Å². The van der Waals surface area contributed by atoms with Gasteiger partial charge in [-0.05, 0) is 13.8 Å². The van der Waals surface area contributed by atoms with Crippen LogP contribution in [0.2, 0.25) is 0 Å². The summed E-state index contributed by atoms with van der Waals surface area (Å²) < 4.78 is 32.0. The molecule has 8 heteroatoms. The van der Waals surface area contributed by atoms with Gasteiger partial charge in [-0.2, -0.15) is 9.40 Å². The monoisotopic (exact) mass is 318 g/mol. The number of aromatic nitrogens is 2. The molecule has 0 spiro atoms. The predicted molar refractivity (Wildman–Crippen MR) is 81.5 cm³/mol. The molecule has 1 aromatic rings. The first kappa shape index (κ1) is 18.1. The van der Waals surface area contributed by atoms with E-state index in [9.17, 15) is 8.42 Å². The van der Waals surface area contributed by atoms with Crippen LogP contribution in [0.3, 0.4) is 0 Å². The molecule has 0 aromatic carbocycles. The summed E-state index contributed by atoms with van der Waals surface area (Å²) in [5, 5.41) is 9.86. The minimum absolute atomic E-state index is 0.153. The van der Waals surface area contributed by atoms with E-state index in [1.165, 1.54) is 4.31 Å². The lowest BCUT2D eigenvalue weighted by Crippen LogP contribution is -2.40. The van der Waals surface area contributed by atoms with Crippen molar-refractivity contribution in [2.24, 2.45) is 0 Å². The molecule has 0 saturated carbocycles. The summed E-state index contributed by atoms with van der Waals surface area (Å²) in [6.45, 7) is 8.82. The van der Waals surface area contributed by atoms with Crippen LogP contribution in [0.4, 0.5) is 0 Å². The minimum atomic E-state index is -3.61. The number of hydrogen-bond acceptors (Lipinski definition) is 5. The molecule has 0 fully saturated rings. The van der Waals surface area contributed by atoms with E-state index in [0.717, 1.165) is 0 Å². The highest BCUT2D eigenvalue weighted by Gasteiger charge is 2.30. The summed E-state index contributed by atoms with van der Waals surface area (Å²) in [6.07, 6.45) is 1.55. The third-order valence-electron chi connectivity index (χ3n) is 3.04. The highest BCUT2D eigenvalue weighted by Crippen LogP contribution is 2.19. The molecule has 0 aliphatic carbocycles. The summed E-state index contributed by atoms with van der Waals surface area (Å²) in [5.74, 6) is 0. The largest absolute Gasteiger partial charge is 0.383 e. The molecular formula is C13H26N4O3S. The van der Waals surface area contributed by atoms with Gasteiger partial charge in [-0.3, -0.25) is 5.10 Å². The summed E-state index contributed by atoms with van der Waals surface area (Å²) in [4.78, 5) is 0. The van der Waals surface area contributed by atoms with Gasteiger partial charge in [0, 0.05) is 37.8 Å². The standard InChI is InChI=1S/C13H26N4O3S/c1-10(2)14-8-12-9-15-16-13(12)21(18,19)17(11(3)4)6-7-20-5/h9-11,14H,6-8H2,1-5H3,(H,15,16). The van der Waals surface area contributed by atoms with E-state index in [-0.39, 0.29) is 17.1 Å². The fourth-order valence-corrected chi connectivity index (χ4v) is 3.65.